The zero-order chi connectivity index (χ0) is 17.5. The van der Waals surface area contributed by atoms with Crippen LogP contribution in [-0.2, 0) is 14.3 Å². The molecule has 0 unspecified atom stereocenters. The van der Waals surface area contributed by atoms with Crippen molar-refractivity contribution in [2.24, 2.45) is 0 Å². The van der Waals surface area contributed by atoms with Crippen LogP contribution in [0.5, 0.6) is 0 Å². The molecular weight excluding hydrogens is 348 g/mol. The Labute approximate surface area is 149 Å². The van der Waals surface area contributed by atoms with Gasteiger partial charge in [0.1, 0.15) is 11.1 Å². The first-order valence-electron chi connectivity index (χ1n) is 7.30. The van der Waals surface area contributed by atoms with Gasteiger partial charge in [0.05, 0.1) is 5.02 Å². The monoisotopic (exact) mass is 364 g/mol. The molecule has 126 valence electrons. The van der Waals surface area contributed by atoms with E-state index in [0.29, 0.717) is 10.8 Å². The maximum atomic E-state index is 12.1. The van der Waals surface area contributed by atoms with Gasteiger partial charge in [-0.1, -0.05) is 29.8 Å². The van der Waals surface area contributed by atoms with Gasteiger partial charge in [0.2, 0.25) is 0 Å². The Kier molecular flexibility index (Phi) is 6.63. The highest BCUT2D eigenvalue weighted by Gasteiger charge is 2.23. The van der Waals surface area contributed by atoms with Crippen LogP contribution < -0.4 is 5.32 Å². The summed E-state index contributed by atoms with van der Waals surface area (Å²) < 4.78 is 5.22. The molecule has 0 aliphatic carbocycles. The molecule has 1 aromatic heterocycles. The number of amides is 1. The average molecular weight is 365 g/mol. The lowest BCUT2D eigenvalue weighted by molar-refractivity contribution is -0.152. The zero-order valence-electron chi connectivity index (χ0n) is 13.2. The van der Waals surface area contributed by atoms with Gasteiger partial charge in [-0.3, -0.25) is 9.59 Å². The number of carbonyl (C=O) groups is 2. The van der Waals surface area contributed by atoms with Gasteiger partial charge < -0.3 is 10.1 Å². The highest BCUT2D eigenvalue weighted by atomic mass is 35.5. The molecule has 1 N–H and O–H groups in total. The molecule has 0 saturated carbocycles. The minimum absolute atomic E-state index is 0.346. The molecule has 24 heavy (non-hydrogen) atoms. The van der Waals surface area contributed by atoms with Crippen LogP contribution in [0.15, 0.2) is 53.6 Å². The van der Waals surface area contributed by atoms with Crippen LogP contribution >= 0.6 is 23.4 Å². The number of nitrogens with one attached hydrogen (secondary N) is 1. The lowest BCUT2D eigenvalue weighted by atomic mass is 10.3. The van der Waals surface area contributed by atoms with Gasteiger partial charge >= 0.3 is 5.97 Å². The first kappa shape index (κ1) is 18.3. The molecule has 0 aliphatic heterocycles. The Morgan fingerprint density at radius 1 is 1.17 bits per heavy atom. The Morgan fingerprint density at radius 3 is 2.50 bits per heavy atom. The molecule has 2 rings (SSSR count). The van der Waals surface area contributed by atoms with E-state index in [1.807, 2.05) is 30.3 Å². The zero-order valence-corrected chi connectivity index (χ0v) is 14.8. The van der Waals surface area contributed by atoms with Crippen LogP contribution in [0.4, 0.5) is 5.82 Å². The predicted octanol–water partition coefficient (Wildman–Crippen LogP) is 3.79. The number of aromatic nitrogens is 1. The van der Waals surface area contributed by atoms with Crippen molar-refractivity contribution in [1.82, 2.24) is 4.98 Å². The summed E-state index contributed by atoms with van der Waals surface area (Å²) in [6.45, 7) is 3.26. The van der Waals surface area contributed by atoms with Gasteiger partial charge in [-0.25, -0.2) is 4.98 Å². The second-order valence-corrected chi connectivity index (χ2v) is 6.85. The minimum Gasteiger partial charge on any atom is -0.452 e. The summed E-state index contributed by atoms with van der Waals surface area (Å²) in [6.07, 6.45) is 0.501. The first-order chi connectivity index (χ1) is 11.5. The van der Waals surface area contributed by atoms with E-state index in [1.54, 1.807) is 19.1 Å². The van der Waals surface area contributed by atoms with E-state index in [0.717, 1.165) is 4.90 Å². The quantitative estimate of drug-likeness (QED) is 0.624. The second kappa shape index (κ2) is 8.70. The summed E-state index contributed by atoms with van der Waals surface area (Å²) in [7, 11) is 0. The molecule has 1 heterocycles. The topological polar surface area (TPSA) is 68.3 Å². The largest absolute Gasteiger partial charge is 0.452 e. The smallest absolute Gasteiger partial charge is 0.319 e. The lowest BCUT2D eigenvalue weighted by Crippen LogP contribution is -2.32. The maximum Gasteiger partial charge on any atom is 0.319 e. The number of pyridine rings is 1. The summed E-state index contributed by atoms with van der Waals surface area (Å²) >= 11 is 7.11. The molecule has 0 aliphatic rings. The van der Waals surface area contributed by atoms with E-state index >= 15 is 0 Å². The molecular formula is C17H17ClN2O3S. The highest BCUT2D eigenvalue weighted by molar-refractivity contribution is 8.00. The first-order valence-corrected chi connectivity index (χ1v) is 8.56. The van der Waals surface area contributed by atoms with Crippen molar-refractivity contribution in [2.45, 2.75) is 30.1 Å². The van der Waals surface area contributed by atoms with Crippen LogP contribution in [0.25, 0.3) is 0 Å². The fraction of sp³-hybridized carbons (Fsp3) is 0.235. The van der Waals surface area contributed by atoms with Crippen LogP contribution in [0.1, 0.15) is 13.8 Å². The number of esters is 1. The molecule has 7 heteroatoms. The summed E-state index contributed by atoms with van der Waals surface area (Å²) in [5.41, 5.74) is 0. The molecule has 0 spiro atoms. The average Bonchev–Trinajstić information content (AvgIpc) is 2.57. The summed E-state index contributed by atoms with van der Waals surface area (Å²) in [6, 6.07) is 12.7. The van der Waals surface area contributed by atoms with E-state index < -0.39 is 23.2 Å². The number of rotatable bonds is 6. The van der Waals surface area contributed by atoms with Gasteiger partial charge in [0.15, 0.2) is 6.10 Å². The van der Waals surface area contributed by atoms with Crippen molar-refractivity contribution in [3.05, 3.63) is 53.7 Å². The van der Waals surface area contributed by atoms with E-state index in [1.165, 1.54) is 24.9 Å². The van der Waals surface area contributed by atoms with Crippen molar-refractivity contribution in [3.63, 3.8) is 0 Å². The second-order valence-electron chi connectivity index (χ2n) is 5.00. The predicted molar refractivity (Wildman–Crippen MR) is 95.2 cm³/mol. The number of carbonyl (C=O) groups excluding carboxylic acids is 2. The fourth-order valence-electron chi connectivity index (χ4n) is 1.75. The van der Waals surface area contributed by atoms with Crippen molar-refractivity contribution in [1.29, 1.82) is 0 Å². The van der Waals surface area contributed by atoms with Gasteiger partial charge in [-0.2, -0.15) is 0 Å². The van der Waals surface area contributed by atoms with E-state index in [9.17, 15) is 9.59 Å². The van der Waals surface area contributed by atoms with Gasteiger partial charge in [-0.15, -0.1) is 11.8 Å². The number of benzene rings is 1. The number of thioether (sulfide) groups is 1. The molecule has 0 saturated heterocycles. The minimum atomic E-state index is -0.922. The van der Waals surface area contributed by atoms with Crippen molar-refractivity contribution < 1.29 is 14.3 Å². The number of hydrogen-bond donors (Lipinski definition) is 1. The van der Waals surface area contributed by atoms with E-state index in [-0.39, 0.29) is 0 Å². The van der Waals surface area contributed by atoms with Crippen LogP contribution in [-0.4, -0.2) is 28.2 Å². The standard InChI is InChI=1S/C17H17ClN2O3S/c1-11(16(21)20-15-9-8-13(18)10-19-15)23-17(22)12(2)24-14-6-4-3-5-7-14/h3-12H,1-2H3,(H,19,20,21)/t11-,12-/m0/s1. The number of anilines is 1. The number of halogens is 1. The van der Waals surface area contributed by atoms with Gasteiger partial charge in [-0.05, 0) is 38.1 Å². The third-order valence-corrected chi connectivity index (χ3v) is 4.34. The summed E-state index contributed by atoms with van der Waals surface area (Å²) in [4.78, 5) is 29.1. The fourth-order valence-corrected chi connectivity index (χ4v) is 2.74. The number of nitrogens with zero attached hydrogens (tertiary/aromatic N) is 1. The Morgan fingerprint density at radius 2 is 1.88 bits per heavy atom. The molecule has 0 bridgehead atoms. The molecule has 2 aromatic rings. The lowest BCUT2D eigenvalue weighted by Gasteiger charge is -2.16. The highest BCUT2D eigenvalue weighted by Crippen LogP contribution is 2.23. The normalized spacial score (nSPS) is 13.0. The van der Waals surface area contributed by atoms with E-state index in [2.05, 4.69) is 10.3 Å². The van der Waals surface area contributed by atoms with Crippen molar-refractivity contribution in [3.8, 4) is 0 Å². The molecule has 2 atom stereocenters. The van der Waals surface area contributed by atoms with E-state index in [4.69, 9.17) is 16.3 Å². The Bertz CT molecular complexity index is 695. The number of hydrogen-bond acceptors (Lipinski definition) is 5. The summed E-state index contributed by atoms with van der Waals surface area (Å²) in [5.74, 6) is -0.551. The Hall–Kier alpha value is -2.05. The third-order valence-electron chi connectivity index (χ3n) is 3.03. The van der Waals surface area contributed by atoms with Crippen molar-refractivity contribution in [2.75, 3.05) is 5.32 Å². The molecule has 0 radical (unpaired) electrons. The Balaban J connectivity index is 1.85. The molecule has 0 fully saturated rings. The van der Waals surface area contributed by atoms with Gasteiger partial charge in [0.25, 0.3) is 5.91 Å². The van der Waals surface area contributed by atoms with Crippen LogP contribution in [0.2, 0.25) is 5.02 Å². The molecule has 1 amide bonds. The maximum absolute atomic E-state index is 12.1. The van der Waals surface area contributed by atoms with Gasteiger partial charge in [0, 0.05) is 11.1 Å². The third kappa shape index (κ3) is 5.54. The molecule has 5 nitrogen and oxygen atoms in total. The van der Waals surface area contributed by atoms with Crippen molar-refractivity contribution >= 4 is 41.1 Å². The number of ether oxygens (including phenoxy) is 1. The summed E-state index contributed by atoms with van der Waals surface area (Å²) in [5, 5.41) is 2.62. The SMILES string of the molecule is C[C@H](OC(=O)[C@H](C)Sc1ccccc1)C(=O)Nc1ccc(Cl)cn1. The van der Waals surface area contributed by atoms with Crippen LogP contribution in [0.3, 0.4) is 0 Å². The molecule has 1 aromatic carbocycles. The van der Waals surface area contributed by atoms with Crippen LogP contribution in [0, 0.1) is 0 Å².